The highest BCUT2D eigenvalue weighted by Crippen LogP contribution is 2.12. The summed E-state index contributed by atoms with van der Waals surface area (Å²) >= 11 is 1.02. The third kappa shape index (κ3) is 2.02. The zero-order valence-electron chi connectivity index (χ0n) is 6.70. The number of carbonyl (C=O) groups is 1. The summed E-state index contributed by atoms with van der Waals surface area (Å²) < 4.78 is 3.82. The molecule has 0 aliphatic rings. The topological polar surface area (TPSA) is 62.2 Å². The minimum Gasteiger partial charge on any atom is -0.477 e. The summed E-state index contributed by atoms with van der Waals surface area (Å²) in [4.78, 5) is 10.9. The van der Waals surface area contributed by atoms with Crippen LogP contribution in [0, 0.1) is 0 Å². The molecular formula is C7H10N2O2S. The minimum atomic E-state index is -0.898. The number of aromatic nitrogens is 1. The van der Waals surface area contributed by atoms with Crippen molar-refractivity contribution in [1.82, 2.24) is 9.69 Å². The van der Waals surface area contributed by atoms with Gasteiger partial charge in [0.1, 0.15) is 4.88 Å². The fourth-order valence-electron chi connectivity index (χ4n) is 0.822. The first-order valence-electron chi connectivity index (χ1n) is 3.63. The maximum absolute atomic E-state index is 10.6. The van der Waals surface area contributed by atoms with E-state index in [0.717, 1.165) is 23.6 Å². The molecule has 1 aromatic rings. The van der Waals surface area contributed by atoms with Crippen LogP contribution in [0.25, 0.3) is 0 Å². The molecule has 1 rings (SSSR count). The lowest BCUT2D eigenvalue weighted by atomic mass is 10.3. The predicted molar refractivity (Wildman–Crippen MR) is 46.5 cm³/mol. The van der Waals surface area contributed by atoms with Crippen molar-refractivity contribution < 1.29 is 9.90 Å². The van der Waals surface area contributed by atoms with Gasteiger partial charge in [0.25, 0.3) is 0 Å². The van der Waals surface area contributed by atoms with Gasteiger partial charge in [-0.3, -0.25) is 0 Å². The molecule has 66 valence electrons. The van der Waals surface area contributed by atoms with Crippen molar-refractivity contribution in [3.05, 3.63) is 16.6 Å². The molecule has 5 heteroatoms. The van der Waals surface area contributed by atoms with E-state index in [1.165, 1.54) is 0 Å². The SMILES string of the molecule is CCNCc1cnsc1C(=O)O. The van der Waals surface area contributed by atoms with E-state index in [4.69, 9.17) is 5.11 Å². The Labute approximate surface area is 74.4 Å². The maximum atomic E-state index is 10.6. The van der Waals surface area contributed by atoms with Crippen LogP contribution in [0.3, 0.4) is 0 Å². The van der Waals surface area contributed by atoms with E-state index in [-0.39, 0.29) is 0 Å². The fraction of sp³-hybridized carbons (Fsp3) is 0.429. The van der Waals surface area contributed by atoms with E-state index in [0.29, 0.717) is 11.4 Å². The van der Waals surface area contributed by atoms with Gasteiger partial charge in [-0.15, -0.1) is 0 Å². The summed E-state index contributed by atoms with van der Waals surface area (Å²) in [5.41, 5.74) is 0.759. The number of nitrogens with zero attached hydrogens (tertiary/aromatic N) is 1. The molecule has 0 aliphatic carbocycles. The van der Waals surface area contributed by atoms with Crippen molar-refractivity contribution >= 4 is 17.5 Å². The molecule has 0 spiro atoms. The van der Waals surface area contributed by atoms with Crippen molar-refractivity contribution in [3.63, 3.8) is 0 Å². The summed E-state index contributed by atoms with van der Waals surface area (Å²) in [5, 5.41) is 11.7. The number of nitrogens with one attached hydrogen (secondary N) is 1. The summed E-state index contributed by atoms with van der Waals surface area (Å²) in [6.07, 6.45) is 1.59. The average molecular weight is 186 g/mol. The Balaban J connectivity index is 2.70. The molecule has 0 aromatic carbocycles. The van der Waals surface area contributed by atoms with Crippen LogP contribution in [0.1, 0.15) is 22.2 Å². The Bertz CT molecular complexity index is 272. The summed E-state index contributed by atoms with van der Waals surface area (Å²) in [5.74, 6) is -0.898. The van der Waals surface area contributed by atoms with Crippen LogP contribution in [0.4, 0.5) is 0 Å². The molecule has 4 nitrogen and oxygen atoms in total. The third-order valence-electron chi connectivity index (χ3n) is 1.40. The first-order chi connectivity index (χ1) is 5.75. The van der Waals surface area contributed by atoms with Crippen LogP contribution in [-0.4, -0.2) is 22.0 Å². The number of aromatic carboxylic acids is 1. The van der Waals surface area contributed by atoms with Crippen LogP contribution < -0.4 is 5.32 Å². The van der Waals surface area contributed by atoms with Crippen molar-refractivity contribution in [2.45, 2.75) is 13.5 Å². The molecule has 0 amide bonds. The van der Waals surface area contributed by atoms with Gasteiger partial charge in [0, 0.05) is 18.3 Å². The van der Waals surface area contributed by atoms with Gasteiger partial charge in [0.05, 0.1) is 0 Å². The van der Waals surface area contributed by atoms with Crippen LogP contribution in [0.5, 0.6) is 0 Å². The van der Waals surface area contributed by atoms with E-state index in [2.05, 4.69) is 9.69 Å². The molecule has 0 fully saturated rings. The second-order valence-corrected chi connectivity index (χ2v) is 3.07. The number of rotatable bonds is 4. The molecule has 0 saturated carbocycles. The molecule has 0 saturated heterocycles. The number of carboxylic acids is 1. The maximum Gasteiger partial charge on any atom is 0.347 e. The number of carboxylic acid groups (broad SMARTS) is 1. The van der Waals surface area contributed by atoms with E-state index in [1.807, 2.05) is 6.92 Å². The normalized spacial score (nSPS) is 10.1. The van der Waals surface area contributed by atoms with Gasteiger partial charge in [-0.25, -0.2) is 4.79 Å². The standard InChI is InChI=1S/C7H10N2O2S/c1-2-8-3-5-4-9-12-6(5)7(10)11/h4,8H,2-3H2,1H3,(H,10,11). The van der Waals surface area contributed by atoms with Gasteiger partial charge < -0.3 is 10.4 Å². The summed E-state index contributed by atoms with van der Waals surface area (Å²) in [7, 11) is 0. The second kappa shape index (κ2) is 4.18. The molecule has 0 radical (unpaired) electrons. The summed E-state index contributed by atoms with van der Waals surface area (Å²) in [6, 6.07) is 0. The average Bonchev–Trinajstić information content (AvgIpc) is 2.48. The van der Waals surface area contributed by atoms with Gasteiger partial charge in [-0.1, -0.05) is 6.92 Å². The highest BCUT2D eigenvalue weighted by atomic mass is 32.1. The molecule has 1 aromatic heterocycles. The lowest BCUT2D eigenvalue weighted by Crippen LogP contribution is -2.13. The Kier molecular flexibility index (Phi) is 3.19. The smallest absolute Gasteiger partial charge is 0.347 e. The van der Waals surface area contributed by atoms with Gasteiger partial charge in [0.2, 0.25) is 0 Å². The van der Waals surface area contributed by atoms with Crippen molar-refractivity contribution in [1.29, 1.82) is 0 Å². The largest absolute Gasteiger partial charge is 0.477 e. The van der Waals surface area contributed by atoms with Crippen LogP contribution in [-0.2, 0) is 6.54 Å². The first-order valence-corrected chi connectivity index (χ1v) is 4.40. The first kappa shape index (κ1) is 9.15. The highest BCUT2D eigenvalue weighted by Gasteiger charge is 2.11. The third-order valence-corrected chi connectivity index (χ3v) is 2.23. The Hall–Kier alpha value is -0.940. The Morgan fingerprint density at radius 1 is 1.83 bits per heavy atom. The molecule has 12 heavy (non-hydrogen) atoms. The minimum absolute atomic E-state index is 0.330. The quantitative estimate of drug-likeness (QED) is 0.735. The van der Waals surface area contributed by atoms with E-state index in [1.54, 1.807) is 6.20 Å². The molecule has 0 bridgehead atoms. The molecule has 2 N–H and O–H groups in total. The Morgan fingerprint density at radius 3 is 3.17 bits per heavy atom. The molecule has 0 atom stereocenters. The van der Waals surface area contributed by atoms with E-state index < -0.39 is 5.97 Å². The molecule has 0 aliphatic heterocycles. The van der Waals surface area contributed by atoms with Crippen LogP contribution >= 0.6 is 11.5 Å². The Morgan fingerprint density at radius 2 is 2.58 bits per heavy atom. The summed E-state index contributed by atoms with van der Waals surface area (Å²) in [6.45, 7) is 3.38. The van der Waals surface area contributed by atoms with E-state index in [9.17, 15) is 4.79 Å². The van der Waals surface area contributed by atoms with Gasteiger partial charge >= 0.3 is 5.97 Å². The fourth-order valence-corrected chi connectivity index (χ4v) is 1.43. The zero-order chi connectivity index (χ0) is 8.97. The predicted octanol–water partition coefficient (Wildman–Crippen LogP) is 0.951. The zero-order valence-corrected chi connectivity index (χ0v) is 7.52. The van der Waals surface area contributed by atoms with Crippen molar-refractivity contribution in [3.8, 4) is 0 Å². The molecular weight excluding hydrogens is 176 g/mol. The number of hydrogen-bond acceptors (Lipinski definition) is 4. The van der Waals surface area contributed by atoms with Gasteiger partial charge in [-0.2, -0.15) is 4.37 Å². The van der Waals surface area contributed by atoms with Crippen molar-refractivity contribution in [2.24, 2.45) is 0 Å². The van der Waals surface area contributed by atoms with Crippen molar-refractivity contribution in [2.75, 3.05) is 6.54 Å². The highest BCUT2D eigenvalue weighted by molar-refractivity contribution is 7.08. The number of hydrogen-bond donors (Lipinski definition) is 2. The van der Waals surface area contributed by atoms with Crippen LogP contribution in [0.2, 0.25) is 0 Å². The van der Waals surface area contributed by atoms with E-state index >= 15 is 0 Å². The lowest BCUT2D eigenvalue weighted by molar-refractivity contribution is 0.0701. The van der Waals surface area contributed by atoms with Gasteiger partial charge in [-0.05, 0) is 18.1 Å². The second-order valence-electron chi connectivity index (χ2n) is 2.27. The van der Waals surface area contributed by atoms with Gasteiger partial charge in [0.15, 0.2) is 0 Å². The monoisotopic (exact) mass is 186 g/mol. The van der Waals surface area contributed by atoms with Crippen LogP contribution in [0.15, 0.2) is 6.20 Å². The molecule has 1 heterocycles. The lowest BCUT2D eigenvalue weighted by Gasteiger charge is -1.98. The molecule has 0 unspecified atom stereocenters.